The number of rotatable bonds is 4. The average molecular weight is 385 g/mol. The number of hydrogen-bond donors (Lipinski definition) is 1. The molecule has 0 spiro atoms. The first-order valence-electron chi connectivity index (χ1n) is 8.92. The summed E-state index contributed by atoms with van der Waals surface area (Å²) in [6.45, 7) is 5.96. The number of ether oxygens (including phenoxy) is 1. The number of nitrogens with zero attached hydrogens (tertiary/aromatic N) is 5. The number of hydrogen-bond acceptors (Lipinski definition) is 8. The summed E-state index contributed by atoms with van der Waals surface area (Å²) in [5.41, 5.74) is 1.64. The van der Waals surface area contributed by atoms with E-state index in [4.69, 9.17) is 9.72 Å². The van der Waals surface area contributed by atoms with Gasteiger partial charge in [-0.15, -0.1) is 0 Å². The van der Waals surface area contributed by atoms with Crippen molar-refractivity contribution >= 4 is 33.3 Å². The highest BCUT2D eigenvalue weighted by Gasteiger charge is 2.22. The van der Waals surface area contributed by atoms with E-state index < -0.39 is 10.6 Å². The second-order valence-electron chi connectivity index (χ2n) is 6.33. The summed E-state index contributed by atoms with van der Waals surface area (Å²) in [5.74, 6) is 2.18. The molecule has 27 heavy (non-hydrogen) atoms. The van der Waals surface area contributed by atoms with Gasteiger partial charge in [0.1, 0.15) is 17.3 Å². The zero-order valence-electron chi connectivity index (χ0n) is 15.3. The molecular formula is C18H21N6O2S-. The van der Waals surface area contributed by atoms with E-state index >= 15 is 0 Å². The molecular weight excluding hydrogens is 364 g/mol. The Labute approximate surface area is 159 Å². The number of aromatic nitrogens is 4. The molecule has 8 nitrogen and oxygen atoms in total. The highest BCUT2D eigenvalue weighted by atomic mass is 32.2. The third-order valence-corrected chi connectivity index (χ3v) is 5.39. The van der Waals surface area contributed by atoms with E-state index in [-0.39, 0.29) is 6.04 Å². The molecule has 1 atom stereocenters. The summed E-state index contributed by atoms with van der Waals surface area (Å²) in [6.07, 6.45) is 3.56. The minimum Gasteiger partial charge on any atom is -0.444 e. The van der Waals surface area contributed by atoms with Crippen LogP contribution in [0.2, 0.25) is 0 Å². The van der Waals surface area contributed by atoms with Gasteiger partial charge in [0.25, 0.3) is 0 Å². The topological polar surface area (TPSA) is 96.4 Å². The molecule has 1 aliphatic heterocycles. The minimum atomic E-state index is -1.31. The van der Waals surface area contributed by atoms with Crippen LogP contribution in [-0.2, 0) is 19.5 Å². The predicted molar refractivity (Wildman–Crippen MR) is 105 cm³/mol. The number of H-pyrrole nitrogens is 1. The second kappa shape index (κ2) is 7.61. The van der Waals surface area contributed by atoms with Crippen molar-refractivity contribution in [3.63, 3.8) is 0 Å². The molecule has 3 aromatic heterocycles. The van der Waals surface area contributed by atoms with Crippen LogP contribution < -0.4 is 4.90 Å². The lowest BCUT2D eigenvalue weighted by atomic mass is 10.1. The van der Waals surface area contributed by atoms with E-state index in [1.54, 1.807) is 12.3 Å². The maximum absolute atomic E-state index is 12.0. The molecule has 1 aliphatic rings. The fraction of sp³-hybridized carbons (Fsp3) is 0.389. The summed E-state index contributed by atoms with van der Waals surface area (Å²) in [6, 6.07) is 5.83. The van der Waals surface area contributed by atoms with Crippen molar-refractivity contribution in [3.8, 4) is 11.4 Å². The molecule has 3 aromatic rings. The molecule has 1 saturated heterocycles. The standard InChI is InChI=1S/C18H21N6O2S/c1-3-27(25)23-15-10-16(24-8-9-26-11-12(24)2)22-18(21-15)14-5-7-20-17-13(14)4-6-19-17/h4-7,10,12H,3,8-9,11H2,1-2H3,(H,19,20)/q-1/t12-/m1/s1. The fourth-order valence-electron chi connectivity index (χ4n) is 3.13. The molecule has 1 N–H and O–H groups in total. The first-order valence-corrected chi connectivity index (χ1v) is 10.2. The van der Waals surface area contributed by atoms with E-state index in [0.29, 0.717) is 30.6 Å². The van der Waals surface area contributed by atoms with Gasteiger partial charge in [0.05, 0.1) is 19.3 Å². The lowest BCUT2D eigenvalue weighted by Crippen LogP contribution is -2.44. The summed E-state index contributed by atoms with van der Waals surface area (Å²) in [7, 11) is -1.31. The van der Waals surface area contributed by atoms with Crippen molar-refractivity contribution in [1.29, 1.82) is 0 Å². The normalized spacial score (nSPS) is 18.9. The van der Waals surface area contributed by atoms with Crippen LogP contribution in [0, 0.1) is 0 Å². The zero-order valence-corrected chi connectivity index (χ0v) is 16.1. The van der Waals surface area contributed by atoms with Crippen LogP contribution in [-0.4, -0.2) is 51.5 Å². The van der Waals surface area contributed by atoms with Crippen molar-refractivity contribution in [3.05, 3.63) is 30.6 Å². The molecule has 0 aliphatic carbocycles. The van der Waals surface area contributed by atoms with Crippen LogP contribution >= 0.6 is 0 Å². The largest absolute Gasteiger partial charge is 0.444 e. The van der Waals surface area contributed by atoms with Crippen molar-refractivity contribution < 1.29 is 8.95 Å². The van der Waals surface area contributed by atoms with Crippen molar-refractivity contribution in [2.24, 2.45) is 4.36 Å². The van der Waals surface area contributed by atoms with E-state index in [9.17, 15) is 4.21 Å². The number of nitrogens with one attached hydrogen (secondary N) is 1. The highest BCUT2D eigenvalue weighted by molar-refractivity contribution is 7.74. The van der Waals surface area contributed by atoms with Crippen LogP contribution in [0.1, 0.15) is 13.8 Å². The van der Waals surface area contributed by atoms with Gasteiger partial charge in [0.2, 0.25) is 0 Å². The van der Waals surface area contributed by atoms with E-state index in [0.717, 1.165) is 29.0 Å². The van der Waals surface area contributed by atoms with Crippen LogP contribution in [0.25, 0.3) is 22.4 Å². The fourth-order valence-corrected chi connectivity index (χ4v) is 3.56. The molecule has 1 fully saturated rings. The molecule has 4 heterocycles. The number of aromatic amines is 1. The molecule has 0 aromatic carbocycles. The lowest BCUT2D eigenvalue weighted by Gasteiger charge is -2.34. The zero-order chi connectivity index (χ0) is 18.8. The van der Waals surface area contributed by atoms with Gasteiger partial charge < -0.3 is 23.2 Å². The molecule has 0 saturated carbocycles. The van der Waals surface area contributed by atoms with Gasteiger partial charge in [-0.3, -0.25) is 0 Å². The molecule has 0 bridgehead atoms. The first-order chi connectivity index (χ1) is 13.2. The molecule has 4 rings (SSSR count). The van der Waals surface area contributed by atoms with Gasteiger partial charge in [0.15, 0.2) is 5.82 Å². The third-order valence-electron chi connectivity index (χ3n) is 4.50. The maximum atomic E-state index is 12.0. The average Bonchev–Trinajstić information content (AvgIpc) is 3.17. The van der Waals surface area contributed by atoms with Crippen molar-refractivity contribution in [2.45, 2.75) is 19.9 Å². The van der Waals surface area contributed by atoms with Crippen LogP contribution in [0.5, 0.6) is 0 Å². The Kier molecular flexibility index (Phi) is 5.04. The molecule has 0 unspecified atom stereocenters. The Morgan fingerprint density at radius 3 is 3.11 bits per heavy atom. The van der Waals surface area contributed by atoms with Gasteiger partial charge in [-0.25, -0.2) is 15.0 Å². The third kappa shape index (κ3) is 3.65. The summed E-state index contributed by atoms with van der Waals surface area (Å²) in [5, 5.41) is 0.937. The highest BCUT2D eigenvalue weighted by Crippen LogP contribution is 2.29. The molecule has 0 radical (unpaired) electrons. The summed E-state index contributed by atoms with van der Waals surface area (Å²) >= 11 is 0. The van der Waals surface area contributed by atoms with Gasteiger partial charge >= 0.3 is 0 Å². The van der Waals surface area contributed by atoms with Gasteiger partial charge in [0, 0.05) is 36.0 Å². The SMILES string of the molecule is CC[S-](=O)=Nc1cc(N2CCOC[C@H]2C)nc(-c2ccnc3[nH]ccc23)n1. The Morgan fingerprint density at radius 1 is 1.41 bits per heavy atom. The quantitative estimate of drug-likeness (QED) is 0.694. The van der Waals surface area contributed by atoms with Gasteiger partial charge in [-0.1, -0.05) is 12.7 Å². The van der Waals surface area contributed by atoms with Gasteiger partial charge in [-0.2, -0.15) is 10.6 Å². The summed E-state index contributed by atoms with van der Waals surface area (Å²) < 4.78 is 21.8. The van der Waals surface area contributed by atoms with Crippen LogP contribution in [0.15, 0.2) is 35.0 Å². The first kappa shape index (κ1) is 17.9. The number of morpholine rings is 1. The number of anilines is 1. The Morgan fingerprint density at radius 2 is 2.30 bits per heavy atom. The van der Waals surface area contributed by atoms with E-state index in [1.807, 2.05) is 25.3 Å². The smallest absolute Gasteiger partial charge is 0.164 e. The lowest BCUT2D eigenvalue weighted by molar-refractivity contribution is 0.0985. The maximum Gasteiger partial charge on any atom is 0.164 e. The van der Waals surface area contributed by atoms with Gasteiger partial charge in [-0.05, 0) is 19.1 Å². The Balaban J connectivity index is 1.88. The van der Waals surface area contributed by atoms with Crippen molar-refractivity contribution in [2.75, 3.05) is 30.4 Å². The summed E-state index contributed by atoms with van der Waals surface area (Å²) in [4.78, 5) is 19.0. The molecule has 0 amide bonds. The predicted octanol–water partition coefficient (Wildman–Crippen LogP) is 3.04. The minimum absolute atomic E-state index is 0.191. The molecule has 142 valence electrons. The number of pyridine rings is 1. The van der Waals surface area contributed by atoms with Crippen LogP contribution in [0.3, 0.4) is 0 Å². The molecule has 9 heteroatoms. The van der Waals surface area contributed by atoms with E-state index in [2.05, 4.69) is 31.1 Å². The Hall–Kier alpha value is -2.52. The van der Waals surface area contributed by atoms with Crippen molar-refractivity contribution in [1.82, 2.24) is 19.9 Å². The van der Waals surface area contributed by atoms with Crippen LogP contribution in [0.4, 0.5) is 11.6 Å². The number of fused-ring (bicyclic) bond motifs is 1. The monoisotopic (exact) mass is 385 g/mol. The Bertz CT molecular complexity index is 1040. The second-order valence-corrected chi connectivity index (χ2v) is 7.73. The van der Waals surface area contributed by atoms with E-state index in [1.165, 1.54) is 0 Å².